The smallest absolute Gasteiger partial charge is 0.0570 e. The van der Waals surface area contributed by atoms with Gasteiger partial charge in [0.25, 0.3) is 0 Å². The fourth-order valence-corrected chi connectivity index (χ4v) is 3.37. The van der Waals surface area contributed by atoms with Gasteiger partial charge in [-0.05, 0) is 31.1 Å². The van der Waals surface area contributed by atoms with Gasteiger partial charge in [0.2, 0.25) is 0 Å². The second-order valence-corrected chi connectivity index (χ2v) is 5.39. The Balaban J connectivity index is 1.51. The molecule has 1 N–H and O–H groups in total. The van der Waals surface area contributed by atoms with Gasteiger partial charge in [-0.3, -0.25) is 4.90 Å². The molecule has 1 aliphatic heterocycles. The normalized spacial score (nSPS) is 43.2. The van der Waals surface area contributed by atoms with Gasteiger partial charge < -0.3 is 5.11 Å². The molecule has 1 heterocycles. The summed E-state index contributed by atoms with van der Waals surface area (Å²) >= 11 is 0. The van der Waals surface area contributed by atoms with E-state index in [9.17, 15) is 5.11 Å². The predicted octanol–water partition coefficient (Wildman–Crippen LogP) is 1.39. The van der Waals surface area contributed by atoms with Crippen LogP contribution in [0.2, 0.25) is 0 Å². The topological polar surface area (TPSA) is 23.5 Å². The number of aliphatic hydroxyl groups excluding tert-OH is 1. The van der Waals surface area contributed by atoms with Crippen LogP contribution in [0.25, 0.3) is 0 Å². The van der Waals surface area contributed by atoms with Crippen LogP contribution in [-0.4, -0.2) is 35.2 Å². The van der Waals surface area contributed by atoms with Crippen LogP contribution in [0.1, 0.15) is 38.5 Å². The molecule has 3 fully saturated rings. The molecule has 74 valence electrons. The highest BCUT2D eigenvalue weighted by atomic mass is 16.3. The van der Waals surface area contributed by atoms with Gasteiger partial charge in [-0.1, -0.05) is 12.8 Å². The lowest BCUT2D eigenvalue weighted by atomic mass is 9.74. The minimum absolute atomic E-state index is 0.0186. The Labute approximate surface area is 79.9 Å². The number of aliphatic hydroxyl groups is 1. The third kappa shape index (κ3) is 1.23. The molecule has 2 nitrogen and oxygen atoms in total. The number of nitrogens with zero attached hydrogens (tertiary/aromatic N) is 1. The first-order valence-corrected chi connectivity index (χ1v) is 5.70. The van der Waals surface area contributed by atoms with Crippen molar-refractivity contribution in [1.29, 1.82) is 0 Å². The molecule has 13 heavy (non-hydrogen) atoms. The van der Waals surface area contributed by atoms with Gasteiger partial charge in [-0.2, -0.15) is 0 Å². The van der Waals surface area contributed by atoms with E-state index in [4.69, 9.17) is 0 Å². The van der Waals surface area contributed by atoms with Crippen LogP contribution in [-0.2, 0) is 0 Å². The molecule has 0 aromatic heterocycles. The summed E-state index contributed by atoms with van der Waals surface area (Å²) in [4.78, 5) is 2.60. The Kier molecular flexibility index (Phi) is 1.72. The fraction of sp³-hybridized carbons (Fsp3) is 1.00. The van der Waals surface area contributed by atoms with E-state index >= 15 is 0 Å². The molecular formula is C11H19NO. The van der Waals surface area contributed by atoms with Gasteiger partial charge in [0.05, 0.1) is 6.10 Å². The zero-order valence-corrected chi connectivity index (χ0v) is 8.21. The van der Waals surface area contributed by atoms with Gasteiger partial charge in [-0.15, -0.1) is 0 Å². The molecule has 0 radical (unpaired) electrons. The van der Waals surface area contributed by atoms with Gasteiger partial charge in [0.15, 0.2) is 0 Å². The Bertz CT molecular complexity index is 196. The van der Waals surface area contributed by atoms with Crippen molar-refractivity contribution >= 4 is 0 Å². The van der Waals surface area contributed by atoms with Crippen LogP contribution in [0, 0.1) is 5.41 Å². The monoisotopic (exact) mass is 181 g/mol. The predicted molar refractivity (Wildman–Crippen MR) is 51.5 cm³/mol. The van der Waals surface area contributed by atoms with Crippen molar-refractivity contribution in [2.45, 2.75) is 50.7 Å². The molecule has 3 rings (SSSR count). The zero-order chi connectivity index (χ0) is 8.89. The molecule has 3 aliphatic rings. The van der Waals surface area contributed by atoms with E-state index in [1.54, 1.807) is 0 Å². The van der Waals surface area contributed by atoms with Crippen LogP contribution in [0.4, 0.5) is 0 Å². The molecule has 0 bridgehead atoms. The Morgan fingerprint density at radius 3 is 2.23 bits per heavy atom. The average Bonchev–Trinajstić information content (AvgIpc) is 2.43. The number of hydrogen-bond acceptors (Lipinski definition) is 2. The second kappa shape index (κ2) is 2.71. The Morgan fingerprint density at radius 2 is 1.69 bits per heavy atom. The third-order valence-electron chi connectivity index (χ3n) is 4.35. The van der Waals surface area contributed by atoms with E-state index in [1.165, 1.54) is 38.8 Å². The van der Waals surface area contributed by atoms with Crippen LogP contribution in [0.5, 0.6) is 0 Å². The maximum absolute atomic E-state index is 9.22. The SMILES string of the molecule is OC1CC(N2CC3(CCCC3)C2)C1. The number of rotatable bonds is 1. The van der Waals surface area contributed by atoms with Gasteiger partial charge >= 0.3 is 0 Å². The summed E-state index contributed by atoms with van der Waals surface area (Å²) in [6, 6.07) is 0.737. The Morgan fingerprint density at radius 1 is 1.08 bits per heavy atom. The minimum atomic E-state index is 0.0186. The van der Waals surface area contributed by atoms with Crippen LogP contribution < -0.4 is 0 Å². The van der Waals surface area contributed by atoms with Crippen LogP contribution in [0.15, 0.2) is 0 Å². The summed E-state index contributed by atoms with van der Waals surface area (Å²) in [7, 11) is 0. The van der Waals surface area contributed by atoms with Crippen molar-refractivity contribution < 1.29 is 5.11 Å². The van der Waals surface area contributed by atoms with Crippen molar-refractivity contribution in [2.24, 2.45) is 5.41 Å². The lowest BCUT2D eigenvalue weighted by Gasteiger charge is -2.55. The summed E-state index contributed by atoms with van der Waals surface area (Å²) in [5, 5.41) is 9.22. The molecule has 2 aliphatic carbocycles. The van der Waals surface area contributed by atoms with E-state index < -0.39 is 0 Å². The number of likely N-dealkylation sites (tertiary alicyclic amines) is 1. The molecule has 0 atom stereocenters. The molecule has 0 aromatic rings. The summed E-state index contributed by atoms with van der Waals surface area (Å²) in [5.41, 5.74) is 0.737. The molecule has 0 unspecified atom stereocenters. The average molecular weight is 181 g/mol. The molecular weight excluding hydrogens is 162 g/mol. The van der Waals surface area contributed by atoms with Gasteiger partial charge in [-0.25, -0.2) is 0 Å². The highest BCUT2D eigenvalue weighted by Gasteiger charge is 2.48. The van der Waals surface area contributed by atoms with E-state index in [-0.39, 0.29) is 6.10 Å². The van der Waals surface area contributed by atoms with E-state index in [0.717, 1.165) is 24.3 Å². The summed E-state index contributed by atoms with van der Waals surface area (Å²) in [6.45, 7) is 2.68. The highest BCUT2D eigenvalue weighted by Crippen LogP contribution is 2.47. The zero-order valence-electron chi connectivity index (χ0n) is 8.21. The van der Waals surface area contributed by atoms with Crippen molar-refractivity contribution in [3.05, 3.63) is 0 Å². The first kappa shape index (κ1) is 8.25. The third-order valence-corrected chi connectivity index (χ3v) is 4.35. The highest BCUT2D eigenvalue weighted by molar-refractivity contribution is 5.02. The lowest BCUT2D eigenvalue weighted by Crippen LogP contribution is -2.62. The largest absolute Gasteiger partial charge is 0.393 e. The second-order valence-electron chi connectivity index (χ2n) is 5.39. The quantitative estimate of drug-likeness (QED) is 0.660. The van der Waals surface area contributed by atoms with Crippen molar-refractivity contribution in [2.75, 3.05) is 13.1 Å². The summed E-state index contributed by atoms with van der Waals surface area (Å²) < 4.78 is 0. The first-order valence-electron chi connectivity index (χ1n) is 5.70. The lowest BCUT2D eigenvalue weighted by molar-refractivity contribution is -0.0870. The van der Waals surface area contributed by atoms with E-state index in [2.05, 4.69) is 4.90 Å². The molecule has 0 amide bonds. The van der Waals surface area contributed by atoms with Crippen molar-refractivity contribution in [3.8, 4) is 0 Å². The number of hydrogen-bond donors (Lipinski definition) is 1. The molecule has 2 saturated carbocycles. The maximum atomic E-state index is 9.22. The maximum Gasteiger partial charge on any atom is 0.0570 e. The Hall–Kier alpha value is -0.0800. The van der Waals surface area contributed by atoms with Gasteiger partial charge in [0, 0.05) is 19.1 Å². The van der Waals surface area contributed by atoms with Crippen molar-refractivity contribution in [1.82, 2.24) is 4.90 Å². The molecule has 1 spiro atoms. The molecule has 1 saturated heterocycles. The summed E-state index contributed by atoms with van der Waals surface area (Å²) in [5.74, 6) is 0. The standard InChI is InChI=1S/C11H19NO/c13-10-5-9(6-10)12-7-11(8-12)3-1-2-4-11/h9-10,13H,1-8H2. The van der Waals surface area contributed by atoms with Gasteiger partial charge in [0.1, 0.15) is 0 Å². The first-order chi connectivity index (χ1) is 6.27. The minimum Gasteiger partial charge on any atom is -0.393 e. The van der Waals surface area contributed by atoms with Crippen LogP contribution >= 0.6 is 0 Å². The van der Waals surface area contributed by atoms with Crippen LogP contribution in [0.3, 0.4) is 0 Å². The summed E-state index contributed by atoms with van der Waals surface area (Å²) in [6.07, 6.45) is 7.96. The molecule has 2 heteroatoms. The van der Waals surface area contributed by atoms with E-state index in [1.807, 2.05) is 0 Å². The van der Waals surface area contributed by atoms with E-state index in [0.29, 0.717) is 0 Å². The van der Waals surface area contributed by atoms with Crippen molar-refractivity contribution in [3.63, 3.8) is 0 Å². The molecule has 0 aromatic carbocycles. The fourth-order valence-electron chi connectivity index (χ4n) is 3.37.